The minimum atomic E-state index is -0.292. The Morgan fingerprint density at radius 3 is 2.62 bits per heavy atom. The molecule has 0 unspecified atom stereocenters. The monoisotopic (exact) mass is 369 g/mol. The smallest absolute Gasteiger partial charge is 0.263 e. The highest BCUT2D eigenvalue weighted by Crippen LogP contribution is 2.28. The van der Waals surface area contributed by atoms with Gasteiger partial charge < -0.3 is 10.2 Å². The summed E-state index contributed by atoms with van der Waals surface area (Å²) in [7, 11) is 3.96. The van der Waals surface area contributed by atoms with Crippen LogP contribution in [0.5, 0.6) is 0 Å². The van der Waals surface area contributed by atoms with Gasteiger partial charge in [-0.15, -0.1) is 11.3 Å². The van der Waals surface area contributed by atoms with Gasteiger partial charge in [0.25, 0.3) is 5.91 Å². The first kappa shape index (κ1) is 18.1. The quantitative estimate of drug-likeness (QED) is 0.731. The van der Waals surface area contributed by atoms with Crippen LogP contribution in [0.2, 0.25) is 0 Å². The van der Waals surface area contributed by atoms with Crippen LogP contribution in [0.3, 0.4) is 0 Å². The molecule has 0 fully saturated rings. The molecule has 4 nitrogen and oxygen atoms in total. The maximum absolute atomic E-state index is 13.1. The molecule has 3 rings (SSSR count). The lowest BCUT2D eigenvalue weighted by molar-refractivity contribution is 0.0954. The number of thiazole rings is 1. The van der Waals surface area contributed by atoms with Gasteiger partial charge in [0.05, 0.1) is 5.69 Å². The largest absolute Gasteiger partial charge is 0.378 e. The highest BCUT2D eigenvalue weighted by atomic mass is 32.1. The number of halogens is 1. The molecule has 134 valence electrons. The number of aryl methyl sites for hydroxylation is 1. The normalized spacial score (nSPS) is 10.6. The fraction of sp³-hybridized carbons (Fsp3) is 0.200. The van der Waals surface area contributed by atoms with E-state index in [1.54, 1.807) is 12.1 Å². The van der Waals surface area contributed by atoms with Gasteiger partial charge in [-0.1, -0.05) is 12.1 Å². The number of carbonyl (C=O) groups is 1. The van der Waals surface area contributed by atoms with Crippen LogP contribution >= 0.6 is 11.3 Å². The highest BCUT2D eigenvalue weighted by molar-refractivity contribution is 7.17. The summed E-state index contributed by atoms with van der Waals surface area (Å²) >= 11 is 1.32. The van der Waals surface area contributed by atoms with E-state index < -0.39 is 0 Å². The van der Waals surface area contributed by atoms with Crippen LogP contribution in [0.15, 0.2) is 48.5 Å². The van der Waals surface area contributed by atoms with E-state index in [9.17, 15) is 9.18 Å². The lowest BCUT2D eigenvalue weighted by Gasteiger charge is -2.13. The van der Waals surface area contributed by atoms with Gasteiger partial charge in [0.1, 0.15) is 15.7 Å². The highest BCUT2D eigenvalue weighted by Gasteiger charge is 2.16. The molecule has 1 N–H and O–H groups in total. The molecule has 1 heterocycles. The second-order valence-electron chi connectivity index (χ2n) is 6.19. The molecule has 0 spiro atoms. The first-order valence-corrected chi connectivity index (χ1v) is 9.03. The van der Waals surface area contributed by atoms with E-state index >= 15 is 0 Å². The average Bonchev–Trinajstić information content (AvgIpc) is 3.02. The predicted octanol–water partition coefficient (Wildman–Crippen LogP) is 4.25. The average molecular weight is 369 g/mol. The molecule has 0 bridgehead atoms. The Hall–Kier alpha value is -2.73. The Kier molecular flexibility index (Phi) is 5.32. The number of benzene rings is 2. The van der Waals surface area contributed by atoms with Gasteiger partial charge in [0.2, 0.25) is 0 Å². The molecule has 0 aliphatic heterocycles. The van der Waals surface area contributed by atoms with Crippen LogP contribution in [0.1, 0.15) is 20.9 Å². The topological polar surface area (TPSA) is 45.2 Å². The van der Waals surface area contributed by atoms with Gasteiger partial charge in [-0.3, -0.25) is 4.79 Å². The summed E-state index contributed by atoms with van der Waals surface area (Å²) < 4.78 is 13.1. The first-order chi connectivity index (χ1) is 12.4. The molecule has 3 aromatic rings. The number of aromatic nitrogens is 1. The summed E-state index contributed by atoms with van der Waals surface area (Å²) in [5.41, 5.74) is 3.60. The Bertz CT molecular complexity index is 919. The van der Waals surface area contributed by atoms with Gasteiger partial charge >= 0.3 is 0 Å². The molecular weight excluding hydrogens is 349 g/mol. The maximum Gasteiger partial charge on any atom is 0.263 e. The molecule has 6 heteroatoms. The molecule has 1 aromatic heterocycles. The fourth-order valence-electron chi connectivity index (χ4n) is 2.53. The van der Waals surface area contributed by atoms with Crippen molar-refractivity contribution in [2.75, 3.05) is 19.0 Å². The van der Waals surface area contributed by atoms with Crippen molar-refractivity contribution < 1.29 is 9.18 Å². The predicted molar refractivity (Wildman–Crippen MR) is 104 cm³/mol. The zero-order valence-corrected chi connectivity index (χ0v) is 15.7. The first-order valence-electron chi connectivity index (χ1n) is 8.22. The van der Waals surface area contributed by atoms with E-state index in [2.05, 4.69) is 10.3 Å². The lowest BCUT2D eigenvalue weighted by atomic mass is 10.2. The molecule has 1 amide bonds. The Morgan fingerprint density at radius 2 is 1.92 bits per heavy atom. The van der Waals surface area contributed by atoms with Crippen molar-refractivity contribution in [3.05, 3.63) is 70.5 Å². The summed E-state index contributed by atoms with van der Waals surface area (Å²) in [6.45, 7) is 2.26. The molecule has 0 aliphatic carbocycles. The van der Waals surface area contributed by atoms with Gasteiger partial charge in [-0.25, -0.2) is 9.37 Å². The van der Waals surface area contributed by atoms with Crippen molar-refractivity contribution in [2.45, 2.75) is 13.5 Å². The van der Waals surface area contributed by atoms with Crippen LogP contribution in [-0.4, -0.2) is 25.0 Å². The fourth-order valence-corrected chi connectivity index (χ4v) is 3.52. The van der Waals surface area contributed by atoms with E-state index in [0.29, 0.717) is 22.1 Å². The van der Waals surface area contributed by atoms with Crippen LogP contribution in [0.4, 0.5) is 10.1 Å². The SMILES string of the molecule is Cc1nc(-c2ccc(F)cc2)sc1C(=O)NCc1cccc(N(C)C)c1. The third-order valence-electron chi connectivity index (χ3n) is 3.97. The molecular formula is C20H20FN3OS. The Labute approximate surface area is 156 Å². The number of amides is 1. The van der Waals surface area contributed by atoms with E-state index in [4.69, 9.17) is 0 Å². The zero-order chi connectivity index (χ0) is 18.7. The van der Waals surface area contributed by atoms with E-state index in [-0.39, 0.29) is 11.7 Å². The van der Waals surface area contributed by atoms with Crippen molar-refractivity contribution in [1.82, 2.24) is 10.3 Å². The second-order valence-corrected chi connectivity index (χ2v) is 7.19. The molecule has 0 saturated heterocycles. The molecule has 2 aromatic carbocycles. The van der Waals surface area contributed by atoms with Gasteiger partial charge in [0, 0.05) is 31.9 Å². The number of hydrogen-bond donors (Lipinski definition) is 1. The molecule has 0 radical (unpaired) electrons. The van der Waals surface area contributed by atoms with Crippen LogP contribution < -0.4 is 10.2 Å². The molecule has 0 atom stereocenters. The molecule has 0 aliphatic rings. The third kappa shape index (κ3) is 4.08. The number of carbonyl (C=O) groups excluding carboxylic acids is 1. The van der Waals surface area contributed by atoms with Crippen LogP contribution in [0.25, 0.3) is 10.6 Å². The summed E-state index contributed by atoms with van der Waals surface area (Å²) in [5, 5.41) is 3.66. The zero-order valence-electron chi connectivity index (χ0n) is 14.9. The summed E-state index contributed by atoms with van der Waals surface area (Å²) in [4.78, 5) is 19.6. The number of anilines is 1. The van der Waals surface area contributed by atoms with Crippen molar-refractivity contribution in [1.29, 1.82) is 0 Å². The third-order valence-corrected chi connectivity index (χ3v) is 5.18. The second kappa shape index (κ2) is 7.66. The number of nitrogens with one attached hydrogen (secondary N) is 1. The minimum absolute atomic E-state index is 0.149. The lowest BCUT2D eigenvalue weighted by Crippen LogP contribution is -2.22. The van der Waals surface area contributed by atoms with Crippen molar-refractivity contribution in [3.63, 3.8) is 0 Å². The van der Waals surface area contributed by atoms with Crippen LogP contribution in [-0.2, 0) is 6.54 Å². The molecule has 0 saturated carbocycles. The van der Waals surface area contributed by atoms with Crippen LogP contribution in [0, 0.1) is 12.7 Å². The standard InChI is InChI=1S/C20H20FN3OS/c1-13-18(26-20(23-13)15-7-9-16(21)10-8-15)19(25)22-12-14-5-4-6-17(11-14)24(2)3/h4-11H,12H2,1-3H3,(H,22,25). The minimum Gasteiger partial charge on any atom is -0.378 e. The maximum atomic E-state index is 13.1. The van der Waals surface area contributed by atoms with Crippen molar-refractivity contribution in [2.24, 2.45) is 0 Å². The van der Waals surface area contributed by atoms with E-state index in [1.165, 1.54) is 23.5 Å². The van der Waals surface area contributed by atoms with Crippen molar-refractivity contribution in [3.8, 4) is 10.6 Å². The Morgan fingerprint density at radius 1 is 1.19 bits per heavy atom. The van der Waals surface area contributed by atoms with Gasteiger partial charge in [-0.05, 0) is 48.9 Å². The number of hydrogen-bond acceptors (Lipinski definition) is 4. The summed E-state index contributed by atoms with van der Waals surface area (Å²) in [5.74, 6) is -0.441. The summed E-state index contributed by atoms with van der Waals surface area (Å²) in [6, 6.07) is 14.1. The molecule has 26 heavy (non-hydrogen) atoms. The number of nitrogens with zero attached hydrogens (tertiary/aromatic N) is 2. The Balaban J connectivity index is 1.72. The van der Waals surface area contributed by atoms with Crippen molar-refractivity contribution >= 4 is 22.9 Å². The summed E-state index contributed by atoms with van der Waals surface area (Å²) in [6.07, 6.45) is 0. The van der Waals surface area contributed by atoms with E-state index in [1.807, 2.05) is 50.2 Å². The van der Waals surface area contributed by atoms with E-state index in [0.717, 1.165) is 16.8 Å². The van der Waals surface area contributed by atoms with Gasteiger partial charge in [0.15, 0.2) is 0 Å². The van der Waals surface area contributed by atoms with Gasteiger partial charge in [-0.2, -0.15) is 0 Å². The number of rotatable bonds is 5.